The number of benzene rings is 2. The number of hydrogen-bond donors (Lipinski definition) is 2. The van der Waals surface area contributed by atoms with Crippen molar-refractivity contribution in [1.29, 1.82) is 0 Å². The quantitative estimate of drug-likeness (QED) is 0.836. The number of carbonyl (C=O) groups excluding carboxylic acids is 2. The third kappa shape index (κ3) is 4.36. The highest BCUT2D eigenvalue weighted by Gasteiger charge is 2.14. The predicted molar refractivity (Wildman–Crippen MR) is 84.4 cm³/mol. The molecule has 0 unspecified atom stereocenters. The molecule has 0 saturated heterocycles. The zero-order valence-electron chi connectivity index (χ0n) is 10.5. The van der Waals surface area contributed by atoms with E-state index in [0.717, 1.165) is 0 Å². The maximum atomic E-state index is 11.9. The van der Waals surface area contributed by atoms with Crippen molar-refractivity contribution in [3.05, 3.63) is 63.1 Å². The van der Waals surface area contributed by atoms with Gasteiger partial charge in [0, 0.05) is 15.7 Å². The maximum Gasteiger partial charge on any atom is 0.326 e. The summed E-state index contributed by atoms with van der Waals surface area (Å²) in [5.41, 5.74) is 0.623. The molecule has 0 spiro atoms. The summed E-state index contributed by atoms with van der Waals surface area (Å²) in [6.45, 7) is 0. The molecule has 21 heavy (non-hydrogen) atoms. The number of anilines is 1. The van der Waals surface area contributed by atoms with Crippen molar-refractivity contribution in [2.45, 2.75) is 0 Å². The molecule has 7 heteroatoms. The third-order valence-corrected chi connectivity index (χ3v) is 3.27. The van der Waals surface area contributed by atoms with Crippen LogP contribution in [0.4, 0.5) is 10.5 Å². The molecule has 0 aliphatic carbocycles. The molecule has 4 nitrogen and oxygen atoms in total. The lowest BCUT2D eigenvalue weighted by Gasteiger charge is -2.08. The van der Waals surface area contributed by atoms with Gasteiger partial charge in [0.25, 0.3) is 5.91 Å². The van der Waals surface area contributed by atoms with Crippen LogP contribution >= 0.6 is 34.8 Å². The summed E-state index contributed by atoms with van der Waals surface area (Å²) >= 11 is 17.4. The molecule has 0 fully saturated rings. The minimum atomic E-state index is -0.687. The molecule has 0 aliphatic heterocycles. The first kappa shape index (κ1) is 15.6. The molecular weight excluding hydrogens is 335 g/mol. The number of rotatable bonds is 2. The summed E-state index contributed by atoms with van der Waals surface area (Å²) in [5.74, 6) is -0.629. The van der Waals surface area contributed by atoms with E-state index in [1.807, 2.05) is 0 Å². The number of imide groups is 1. The second-order valence-corrected chi connectivity index (χ2v) is 5.32. The highest BCUT2D eigenvalue weighted by Crippen LogP contribution is 2.21. The largest absolute Gasteiger partial charge is 0.326 e. The average molecular weight is 344 g/mol. The molecule has 2 rings (SSSR count). The van der Waals surface area contributed by atoms with Gasteiger partial charge in [0.05, 0.1) is 10.6 Å². The summed E-state index contributed by atoms with van der Waals surface area (Å²) in [7, 11) is 0. The molecule has 2 N–H and O–H groups in total. The fourth-order valence-electron chi connectivity index (χ4n) is 1.57. The molecule has 0 bridgehead atoms. The van der Waals surface area contributed by atoms with Crippen LogP contribution in [-0.4, -0.2) is 11.9 Å². The summed E-state index contributed by atoms with van der Waals surface area (Å²) in [4.78, 5) is 23.6. The molecule has 0 heterocycles. The Labute approximate surface area is 136 Å². The minimum absolute atomic E-state index is 0.155. The van der Waals surface area contributed by atoms with Gasteiger partial charge < -0.3 is 5.32 Å². The van der Waals surface area contributed by atoms with E-state index in [1.165, 1.54) is 18.2 Å². The number of hydrogen-bond acceptors (Lipinski definition) is 2. The Morgan fingerprint density at radius 1 is 0.905 bits per heavy atom. The summed E-state index contributed by atoms with van der Waals surface area (Å²) in [6.07, 6.45) is 0. The zero-order valence-corrected chi connectivity index (χ0v) is 12.8. The Morgan fingerprint density at radius 2 is 1.62 bits per heavy atom. The molecule has 0 aliphatic rings. The van der Waals surface area contributed by atoms with E-state index in [9.17, 15) is 9.59 Å². The van der Waals surface area contributed by atoms with Crippen molar-refractivity contribution in [2.75, 3.05) is 5.32 Å². The topological polar surface area (TPSA) is 58.2 Å². The van der Waals surface area contributed by atoms with Crippen LogP contribution in [0.2, 0.25) is 15.1 Å². The Morgan fingerprint density at radius 3 is 2.29 bits per heavy atom. The Balaban J connectivity index is 2.04. The Kier molecular flexibility index (Phi) is 5.07. The van der Waals surface area contributed by atoms with Crippen LogP contribution in [-0.2, 0) is 0 Å². The summed E-state index contributed by atoms with van der Waals surface area (Å²) < 4.78 is 0. The minimum Gasteiger partial charge on any atom is -0.308 e. The van der Waals surface area contributed by atoms with Crippen molar-refractivity contribution in [2.24, 2.45) is 0 Å². The third-order valence-electron chi connectivity index (χ3n) is 2.49. The van der Waals surface area contributed by atoms with Crippen LogP contribution in [0.1, 0.15) is 10.4 Å². The Hall–Kier alpha value is -1.75. The molecule has 3 amide bonds. The second-order valence-electron chi connectivity index (χ2n) is 4.04. The van der Waals surface area contributed by atoms with Gasteiger partial charge in [0.2, 0.25) is 0 Å². The van der Waals surface area contributed by atoms with E-state index < -0.39 is 11.9 Å². The molecule has 108 valence electrons. The van der Waals surface area contributed by atoms with E-state index >= 15 is 0 Å². The lowest BCUT2D eigenvalue weighted by Crippen LogP contribution is -2.34. The molecule has 0 atom stereocenters. The Bertz CT molecular complexity index is 704. The van der Waals surface area contributed by atoms with Gasteiger partial charge in [-0.05, 0) is 36.4 Å². The standard InChI is InChI=1S/C14H9Cl3N2O2/c15-8-2-1-3-10(6-8)18-14(21)19-13(20)11-5-4-9(16)7-12(11)17/h1-7H,(H2,18,19,20,21). The van der Waals surface area contributed by atoms with Gasteiger partial charge in [-0.3, -0.25) is 10.1 Å². The van der Waals surface area contributed by atoms with E-state index in [1.54, 1.807) is 24.3 Å². The van der Waals surface area contributed by atoms with E-state index in [2.05, 4.69) is 10.6 Å². The van der Waals surface area contributed by atoms with Crippen LogP contribution < -0.4 is 10.6 Å². The first-order chi connectivity index (χ1) is 9.95. The number of urea groups is 1. The first-order valence-electron chi connectivity index (χ1n) is 5.78. The normalized spacial score (nSPS) is 10.0. The van der Waals surface area contributed by atoms with E-state index in [-0.39, 0.29) is 10.6 Å². The molecule has 0 aromatic heterocycles. The summed E-state index contributed by atoms with van der Waals surface area (Å²) in [6, 6.07) is 10.2. The van der Waals surface area contributed by atoms with Crippen LogP contribution in [0.3, 0.4) is 0 Å². The number of halogens is 3. The molecule has 2 aromatic carbocycles. The average Bonchev–Trinajstić information content (AvgIpc) is 2.38. The molecular formula is C14H9Cl3N2O2. The van der Waals surface area contributed by atoms with Crippen molar-refractivity contribution < 1.29 is 9.59 Å². The highest BCUT2D eigenvalue weighted by atomic mass is 35.5. The van der Waals surface area contributed by atoms with E-state index in [0.29, 0.717) is 15.7 Å². The zero-order chi connectivity index (χ0) is 15.4. The second kappa shape index (κ2) is 6.80. The predicted octanol–water partition coefficient (Wildman–Crippen LogP) is 4.61. The van der Waals surface area contributed by atoms with Crippen molar-refractivity contribution >= 4 is 52.4 Å². The van der Waals surface area contributed by atoms with Crippen LogP contribution in [0.15, 0.2) is 42.5 Å². The van der Waals surface area contributed by atoms with Crippen molar-refractivity contribution in [3.63, 3.8) is 0 Å². The van der Waals surface area contributed by atoms with Gasteiger partial charge in [-0.1, -0.05) is 40.9 Å². The van der Waals surface area contributed by atoms with Gasteiger partial charge in [-0.15, -0.1) is 0 Å². The molecule has 2 aromatic rings. The van der Waals surface area contributed by atoms with Gasteiger partial charge >= 0.3 is 6.03 Å². The smallest absolute Gasteiger partial charge is 0.308 e. The fourth-order valence-corrected chi connectivity index (χ4v) is 2.26. The van der Waals surface area contributed by atoms with Crippen LogP contribution in [0, 0.1) is 0 Å². The molecule has 0 saturated carbocycles. The van der Waals surface area contributed by atoms with Gasteiger partial charge in [-0.2, -0.15) is 0 Å². The lowest BCUT2D eigenvalue weighted by atomic mass is 10.2. The van der Waals surface area contributed by atoms with Crippen LogP contribution in [0.5, 0.6) is 0 Å². The molecule has 0 radical (unpaired) electrons. The lowest BCUT2D eigenvalue weighted by molar-refractivity contribution is 0.0967. The maximum absolute atomic E-state index is 11.9. The van der Waals surface area contributed by atoms with Crippen LogP contribution in [0.25, 0.3) is 0 Å². The van der Waals surface area contributed by atoms with Gasteiger partial charge in [-0.25, -0.2) is 4.79 Å². The van der Waals surface area contributed by atoms with Crippen molar-refractivity contribution in [3.8, 4) is 0 Å². The number of amides is 3. The van der Waals surface area contributed by atoms with Gasteiger partial charge in [0.1, 0.15) is 0 Å². The number of carbonyl (C=O) groups is 2. The summed E-state index contributed by atoms with van der Waals surface area (Å²) in [5, 5.41) is 5.69. The van der Waals surface area contributed by atoms with Crippen molar-refractivity contribution in [1.82, 2.24) is 5.32 Å². The fraction of sp³-hybridized carbons (Fsp3) is 0. The first-order valence-corrected chi connectivity index (χ1v) is 6.92. The monoisotopic (exact) mass is 342 g/mol. The number of nitrogens with one attached hydrogen (secondary N) is 2. The highest BCUT2D eigenvalue weighted by molar-refractivity contribution is 6.37. The van der Waals surface area contributed by atoms with Gasteiger partial charge in [0.15, 0.2) is 0 Å². The SMILES string of the molecule is O=C(NC(=O)c1ccc(Cl)cc1Cl)Nc1cccc(Cl)c1. The van der Waals surface area contributed by atoms with E-state index in [4.69, 9.17) is 34.8 Å².